The molecule has 2 aromatic rings. The monoisotopic (exact) mass is 404 g/mol. The highest BCUT2D eigenvalue weighted by Crippen LogP contribution is 2.20. The van der Waals surface area contributed by atoms with Crippen molar-refractivity contribution in [1.82, 2.24) is 9.78 Å². The number of carbonyl (C=O) groups is 1. The van der Waals surface area contributed by atoms with Gasteiger partial charge in [-0.15, -0.1) is 5.10 Å². The lowest BCUT2D eigenvalue weighted by Gasteiger charge is -2.13. The summed E-state index contributed by atoms with van der Waals surface area (Å²) in [5.41, 5.74) is -0.125. The summed E-state index contributed by atoms with van der Waals surface area (Å²) in [7, 11) is 0. The Hall–Kier alpha value is -2.41. The number of fused-ring (bicyclic) bond motifs is 1. The second kappa shape index (κ2) is 11.6. The molecule has 1 N–H and O–H groups in total. The highest BCUT2D eigenvalue weighted by Gasteiger charge is 2.12. The molecule has 2 atom stereocenters. The Morgan fingerprint density at radius 2 is 1.79 bits per heavy atom. The van der Waals surface area contributed by atoms with Gasteiger partial charge >= 0.3 is 5.97 Å². The van der Waals surface area contributed by atoms with Gasteiger partial charge in [0.25, 0.3) is 5.56 Å². The predicted molar refractivity (Wildman–Crippen MR) is 112 cm³/mol. The number of benzene rings is 1. The standard InChI is InChI=1S/C22H32N2O5/c1-16(25)10-6-8-14-24-22(27)20-13-5-4-12-19(20)21(23-24)28-15-9-7-11-17(2)29-18(3)26/h4-5,12-13,16-17,25H,6-11,14-15H2,1-3H3/t16-,17-/m1/s1. The molecule has 0 saturated carbocycles. The van der Waals surface area contributed by atoms with Crippen LogP contribution in [-0.2, 0) is 16.1 Å². The number of hydrogen-bond acceptors (Lipinski definition) is 6. The fourth-order valence-corrected chi connectivity index (χ4v) is 3.21. The number of ether oxygens (including phenoxy) is 2. The first kappa shape index (κ1) is 22.9. The second-order valence-corrected chi connectivity index (χ2v) is 7.49. The van der Waals surface area contributed by atoms with Crippen molar-refractivity contribution < 1.29 is 19.4 Å². The molecule has 7 nitrogen and oxygen atoms in total. The molecule has 1 heterocycles. The van der Waals surface area contributed by atoms with Crippen molar-refractivity contribution in [3.63, 3.8) is 0 Å². The average Bonchev–Trinajstić information content (AvgIpc) is 2.67. The summed E-state index contributed by atoms with van der Waals surface area (Å²) < 4.78 is 12.5. The largest absolute Gasteiger partial charge is 0.476 e. The summed E-state index contributed by atoms with van der Waals surface area (Å²) in [6.45, 7) is 6.02. The van der Waals surface area contributed by atoms with Gasteiger partial charge in [0, 0.05) is 13.5 Å². The third-order valence-corrected chi connectivity index (χ3v) is 4.69. The molecule has 0 saturated heterocycles. The molecule has 0 fully saturated rings. The van der Waals surface area contributed by atoms with E-state index in [1.54, 1.807) is 13.0 Å². The summed E-state index contributed by atoms with van der Waals surface area (Å²) in [6, 6.07) is 7.34. The third kappa shape index (κ3) is 7.49. The number of aliphatic hydroxyl groups excluding tert-OH is 1. The van der Waals surface area contributed by atoms with E-state index in [1.807, 2.05) is 25.1 Å². The lowest BCUT2D eigenvalue weighted by atomic mass is 10.1. The van der Waals surface area contributed by atoms with Crippen LogP contribution in [-0.4, -0.2) is 39.7 Å². The van der Waals surface area contributed by atoms with Gasteiger partial charge in [0.2, 0.25) is 5.88 Å². The van der Waals surface area contributed by atoms with Gasteiger partial charge in [-0.25, -0.2) is 4.68 Å². The summed E-state index contributed by atoms with van der Waals surface area (Å²) >= 11 is 0. The van der Waals surface area contributed by atoms with E-state index in [1.165, 1.54) is 11.6 Å². The van der Waals surface area contributed by atoms with Crippen LogP contribution in [0.15, 0.2) is 29.1 Å². The minimum Gasteiger partial charge on any atom is -0.476 e. The average molecular weight is 405 g/mol. The van der Waals surface area contributed by atoms with Gasteiger partial charge in [-0.1, -0.05) is 12.1 Å². The maximum Gasteiger partial charge on any atom is 0.302 e. The fraction of sp³-hybridized carbons (Fsp3) is 0.591. The van der Waals surface area contributed by atoms with Crippen molar-refractivity contribution in [2.45, 2.75) is 78.0 Å². The molecule has 0 radical (unpaired) electrons. The highest BCUT2D eigenvalue weighted by atomic mass is 16.5. The van der Waals surface area contributed by atoms with Crippen molar-refractivity contribution >= 4 is 16.7 Å². The molecule has 0 unspecified atom stereocenters. The van der Waals surface area contributed by atoms with E-state index in [-0.39, 0.29) is 23.7 Å². The van der Waals surface area contributed by atoms with E-state index < -0.39 is 0 Å². The van der Waals surface area contributed by atoms with E-state index in [4.69, 9.17) is 9.47 Å². The summed E-state index contributed by atoms with van der Waals surface area (Å²) in [5, 5.41) is 15.1. The van der Waals surface area contributed by atoms with Gasteiger partial charge in [-0.05, 0) is 64.5 Å². The van der Waals surface area contributed by atoms with Crippen LogP contribution in [0.2, 0.25) is 0 Å². The Morgan fingerprint density at radius 3 is 2.48 bits per heavy atom. The number of esters is 1. The molecule has 0 aliphatic carbocycles. The zero-order valence-corrected chi connectivity index (χ0v) is 17.6. The first-order valence-electron chi connectivity index (χ1n) is 10.4. The number of unbranched alkanes of at least 4 members (excludes halogenated alkanes) is 2. The Bertz CT molecular complexity index is 847. The van der Waals surface area contributed by atoms with E-state index in [9.17, 15) is 14.7 Å². The van der Waals surface area contributed by atoms with Crippen molar-refractivity contribution in [1.29, 1.82) is 0 Å². The Morgan fingerprint density at radius 1 is 1.10 bits per heavy atom. The number of carbonyl (C=O) groups excluding carboxylic acids is 1. The molecule has 0 aliphatic heterocycles. The normalized spacial score (nSPS) is 13.2. The number of nitrogens with zero attached hydrogens (tertiary/aromatic N) is 2. The fourth-order valence-electron chi connectivity index (χ4n) is 3.21. The first-order valence-corrected chi connectivity index (χ1v) is 10.4. The quantitative estimate of drug-likeness (QED) is 0.430. The van der Waals surface area contributed by atoms with Crippen LogP contribution in [0.5, 0.6) is 5.88 Å². The van der Waals surface area contributed by atoms with Crippen LogP contribution in [0.25, 0.3) is 10.8 Å². The summed E-state index contributed by atoms with van der Waals surface area (Å²) in [6.07, 6.45) is 4.31. The van der Waals surface area contributed by atoms with Crippen LogP contribution in [0.1, 0.15) is 59.3 Å². The number of aromatic nitrogens is 2. The van der Waals surface area contributed by atoms with Gasteiger partial charge in [-0.3, -0.25) is 9.59 Å². The number of aliphatic hydroxyl groups is 1. The Kier molecular flexibility index (Phi) is 9.12. The molecular weight excluding hydrogens is 372 g/mol. The van der Waals surface area contributed by atoms with Crippen LogP contribution in [0, 0.1) is 0 Å². The van der Waals surface area contributed by atoms with Crippen LogP contribution >= 0.6 is 0 Å². The van der Waals surface area contributed by atoms with Crippen molar-refractivity contribution in [2.75, 3.05) is 6.61 Å². The van der Waals surface area contributed by atoms with Gasteiger partial charge in [0.05, 0.1) is 29.6 Å². The summed E-state index contributed by atoms with van der Waals surface area (Å²) in [4.78, 5) is 23.6. The smallest absolute Gasteiger partial charge is 0.302 e. The molecule has 160 valence electrons. The number of hydrogen-bond donors (Lipinski definition) is 1. The molecule has 0 aliphatic rings. The molecule has 1 aromatic heterocycles. The van der Waals surface area contributed by atoms with E-state index in [0.717, 1.165) is 32.1 Å². The van der Waals surface area contributed by atoms with Gasteiger partial charge in [0.15, 0.2) is 0 Å². The zero-order chi connectivity index (χ0) is 21.2. The SMILES string of the molecule is CC(=O)O[C@H](C)CCCCOc1nn(CCCC[C@@H](C)O)c(=O)c2ccccc12. The highest BCUT2D eigenvalue weighted by molar-refractivity contribution is 5.85. The van der Waals surface area contributed by atoms with Crippen molar-refractivity contribution in [3.05, 3.63) is 34.6 Å². The van der Waals surface area contributed by atoms with E-state index in [2.05, 4.69) is 5.10 Å². The van der Waals surface area contributed by atoms with Crippen molar-refractivity contribution in [3.8, 4) is 5.88 Å². The van der Waals surface area contributed by atoms with E-state index >= 15 is 0 Å². The van der Waals surface area contributed by atoms with Crippen molar-refractivity contribution in [2.24, 2.45) is 0 Å². The lowest BCUT2D eigenvalue weighted by molar-refractivity contribution is -0.145. The molecule has 0 bridgehead atoms. The maximum absolute atomic E-state index is 12.7. The number of rotatable bonds is 12. The van der Waals surface area contributed by atoms with Crippen LogP contribution in [0.3, 0.4) is 0 Å². The minimum absolute atomic E-state index is 0.102. The zero-order valence-electron chi connectivity index (χ0n) is 17.6. The Balaban J connectivity index is 1.99. The first-order chi connectivity index (χ1) is 13.9. The molecular formula is C22H32N2O5. The Labute approximate surface area is 171 Å². The van der Waals surface area contributed by atoms with Crippen LogP contribution < -0.4 is 10.3 Å². The van der Waals surface area contributed by atoms with Crippen LogP contribution in [0.4, 0.5) is 0 Å². The second-order valence-electron chi connectivity index (χ2n) is 7.49. The summed E-state index contributed by atoms with van der Waals surface area (Å²) in [5.74, 6) is 0.198. The maximum atomic E-state index is 12.7. The molecule has 0 amide bonds. The molecule has 29 heavy (non-hydrogen) atoms. The van der Waals surface area contributed by atoms with Gasteiger partial charge in [0.1, 0.15) is 0 Å². The lowest BCUT2D eigenvalue weighted by Crippen LogP contribution is -2.24. The minimum atomic E-state index is -0.334. The predicted octanol–water partition coefficient (Wildman–Crippen LogP) is 3.45. The van der Waals surface area contributed by atoms with Gasteiger partial charge in [-0.2, -0.15) is 0 Å². The number of aryl methyl sites for hydroxylation is 1. The third-order valence-electron chi connectivity index (χ3n) is 4.69. The molecule has 2 rings (SSSR count). The van der Waals surface area contributed by atoms with Gasteiger partial charge < -0.3 is 14.6 Å². The molecule has 0 spiro atoms. The molecule has 7 heteroatoms. The van der Waals surface area contributed by atoms with E-state index in [0.29, 0.717) is 36.2 Å². The molecule has 1 aromatic carbocycles. The topological polar surface area (TPSA) is 90.7 Å².